The Morgan fingerprint density at radius 1 is 0.591 bits per heavy atom. The second-order valence-corrected chi connectivity index (χ2v) is 5.28. The predicted octanol–water partition coefficient (Wildman–Crippen LogP) is -0.875. The van der Waals surface area contributed by atoms with E-state index in [1.54, 1.807) is 0 Å². The van der Waals surface area contributed by atoms with Gasteiger partial charge in [0.15, 0.2) is 37.0 Å². The smallest absolute Gasteiger partial charge is 0.746 e. The van der Waals surface area contributed by atoms with Crippen molar-refractivity contribution in [1.82, 2.24) is 0 Å². The van der Waals surface area contributed by atoms with Crippen LogP contribution in [0.5, 0.6) is 0 Å². The summed E-state index contributed by atoms with van der Waals surface area (Å²) in [7, 11) is -6.06. The zero-order valence-electron chi connectivity index (χ0n) is 10.7. The largest absolute Gasteiger partial charge is 1.00 e. The number of hydrogen-bond acceptors (Lipinski definition) is 3. The van der Waals surface area contributed by atoms with Gasteiger partial charge in [0.2, 0.25) is 5.50 Å². The van der Waals surface area contributed by atoms with Crippen LogP contribution in [0.25, 0.3) is 0 Å². The maximum absolute atomic E-state index is 13.0. The van der Waals surface area contributed by atoms with E-state index in [1.165, 1.54) is 0 Å². The minimum atomic E-state index is -6.06. The van der Waals surface area contributed by atoms with Crippen molar-refractivity contribution < 1.29 is 104 Å². The normalized spacial score (nSPS) is 22.1. The molecule has 22 heavy (non-hydrogen) atoms. The summed E-state index contributed by atoms with van der Waals surface area (Å²) in [4.78, 5) is 0. The third kappa shape index (κ3) is 6.81. The summed E-state index contributed by atoms with van der Waals surface area (Å²) < 4.78 is 143. The second-order valence-electron chi connectivity index (χ2n) is 3.84. The summed E-state index contributed by atoms with van der Waals surface area (Å²) in [5.41, 5.74) is -4.13. The molecule has 14 heteroatoms. The molecule has 0 rings (SSSR count). The predicted molar refractivity (Wildman–Crippen MR) is 50.0 cm³/mol. The minimum absolute atomic E-state index is 0. The van der Waals surface area contributed by atoms with Crippen molar-refractivity contribution in [3.63, 3.8) is 0 Å². The Morgan fingerprint density at radius 3 is 1.14 bits per heavy atom. The Balaban J connectivity index is 0. The molecule has 0 aliphatic carbocycles. The van der Waals surface area contributed by atoms with Crippen LogP contribution in [0.15, 0.2) is 0 Å². The van der Waals surface area contributed by atoms with Gasteiger partial charge in [0.25, 0.3) is 6.43 Å². The molecule has 0 aromatic rings. The van der Waals surface area contributed by atoms with Crippen LogP contribution in [-0.2, 0) is 10.1 Å². The summed E-state index contributed by atoms with van der Waals surface area (Å²) in [6.07, 6.45) is -27.9. The van der Waals surface area contributed by atoms with E-state index in [2.05, 4.69) is 0 Å². The Kier molecular flexibility index (Phi) is 11.5. The molecular formula is C8H8F9KO3S. The van der Waals surface area contributed by atoms with E-state index in [9.17, 15) is 52.5 Å². The first-order valence-electron chi connectivity index (χ1n) is 5.03. The molecule has 0 bridgehead atoms. The molecule has 7 unspecified atom stereocenters. The van der Waals surface area contributed by atoms with E-state index in [-0.39, 0.29) is 51.4 Å². The molecule has 0 aliphatic heterocycles. The van der Waals surface area contributed by atoms with Crippen LogP contribution in [-0.4, -0.2) is 61.9 Å². The van der Waals surface area contributed by atoms with Gasteiger partial charge in [-0.1, -0.05) is 0 Å². The Labute approximate surface area is 161 Å². The van der Waals surface area contributed by atoms with Gasteiger partial charge in [-0.25, -0.2) is 47.9 Å². The fourth-order valence-electron chi connectivity index (χ4n) is 1.15. The maximum atomic E-state index is 13.0. The van der Waals surface area contributed by atoms with Crippen molar-refractivity contribution >= 4 is 10.1 Å². The number of rotatable bonds is 8. The van der Waals surface area contributed by atoms with E-state index < -0.39 is 59.1 Å². The van der Waals surface area contributed by atoms with Gasteiger partial charge >= 0.3 is 51.4 Å². The van der Waals surface area contributed by atoms with Crippen molar-refractivity contribution in [1.29, 1.82) is 0 Å². The third-order valence-electron chi connectivity index (χ3n) is 2.29. The third-order valence-corrected chi connectivity index (χ3v) is 3.10. The molecule has 0 saturated carbocycles. The first-order chi connectivity index (χ1) is 9.32. The Morgan fingerprint density at radius 2 is 0.864 bits per heavy atom. The fraction of sp³-hybridized carbons (Fsp3) is 1.00. The second kappa shape index (κ2) is 10.0. The molecule has 0 aliphatic rings. The first kappa shape index (κ1) is 25.2. The molecule has 0 aromatic carbocycles. The van der Waals surface area contributed by atoms with Crippen LogP contribution in [0, 0.1) is 0 Å². The van der Waals surface area contributed by atoms with Crippen LogP contribution >= 0.6 is 0 Å². The van der Waals surface area contributed by atoms with E-state index >= 15 is 0 Å². The van der Waals surface area contributed by atoms with Crippen LogP contribution in [0.2, 0.25) is 0 Å². The molecule has 0 heterocycles. The minimum Gasteiger partial charge on any atom is -0.746 e. The van der Waals surface area contributed by atoms with Crippen LogP contribution in [0.1, 0.15) is 0 Å². The van der Waals surface area contributed by atoms with Gasteiger partial charge < -0.3 is 4.55 Å². The molecule has 0 fully saturated rings. The van der Waals surface area contributed by atoms with E-state index in [4.69, 9.17) is 0 Å². The molecular weight excluding hydrogens is 386 g/mol. The van der Waals surface area contributed by atoms with Crippen molar-refractivity contribution in [3.05, 3.63) is 0 Å². The standard InChI is InChI=1S/C8H9F9O3S.K/c9-1(3(11)5(13)7(15)16)2(10)4(12)6(14)8(17)21(18,19)20;/h1-8H,(H,18,19,20);/q;+1/p-1. The van der Waals surface area contributed by atoms with Crippen molar-refractivity contribution in [2.75, 3.05) is 0 Å². The molecule has 0 amide bonds. The van der Waals surface area contributed by atoms with Gasteiger partial charge in [-0.3, -0.25) is 0 Å². The van der Waals surface area contributed by atoms with Gasteiger partial charge in [-0.05, 0) is 0 Å². The topological polar surface area (TPSA) is 57.2 Å². The molecule has 7 atom stereocenters. The fourth-order valence-corrected chi connectivity index (χ4v) is 1.61. The van der Waals surface area contributed by atoms with Crippen molar-refractivity contribution in [2.45, 2.75) is 49.0 Å². The van der Waals surface area contributed by atoms with E-state index in [0.717, 1.165) is 0 Å². The SMILES string of the molecule is O=S(=O)([O-])C(F)C(F)C(F)C(F)C(F)C(F)C(F)C(F)F.[K+]. The average Bonchev–Trinajstić information content (AvgIpc) is 2.40. The van der Waals surface area contributed by atoms with Crippen molar-refractivity contribution in [3.8, 4) is 0 Å². The number of halogens is 9. The molecule has 0 spiro atoms. The zero-order valence-corrected chi connectivity index (χ0v) is 14.6. The summed E-state index contributed by atoms with van der Waals surface area (Å²) in [5, 5.41) is 0. The van der Waals surface area contributed by atoms with Gasteiger partial charge in [-0.15, -0.1) is 0 Å². The molecule has 0 N–H and O–H groups in total. The summed E-state index contributed by atoms with van der Waals surface area (Å²) in [6, 6.07) is 0. The molecule has 128 valence electrons. The van der Waals surface area contributed by atoms with Crippen LogP contribution in [0.4, 0.5) is 39.5 Å². The first-order valence-corrected chi connectivity index (χ1v) is 6.50. The maximum Gasteiger partial charge on any atom is 1.00 e. The van der Waals surface area contributed by atoms with Crippen LogP contribution in [0.3, 0.4) is 0 Å². The molecule has 3 nitrogen and oxygen atoms in total. The Bertz CT molecular complexity index is 425. The van der Waals surface area contributed by atoms with E-state index in [0.29, 0.717) is 0 Å². The Hall–Kier alpha value is 0.916. The number of hydrogen-bond donors (Lipinski definition) is 0. The van der Waals surface area contributed by atoms with Gasteiger partial charge in [-0.2, -0.15) is 0 Å². The monoisotopic (exact) mass is 394 g/mol. The number of alkyl halides is 9. The van der Waals surface area contributed by atoms with Gasteiger partial charge in [0, 0.05) is 0 Å². The summed E-state index contributed by atoms with van der Waals surface area (Å²) >= 11 is 0. The average molecular weight is 394 g/mol. The van der Waals surface area contributed by atoms with Crippen molar-refractivity contribution in [2.24, 2.45) is 0 Å². The van der Waals surface area contributed by atoms with Gasteiger partial charge in [0.1, 0.15) is 10.1 Å². The van der Waals surface area contributed by atoms with Gasteiger partial charge in [0.05, 0.1) is 0 Å². The molecule has 0 saturated heterocycles. The zero-order chi connectivity index (χ0) is 17.1. The molecule has 0 aromatic heterocycles. The summed E-state index contributed by atoms with van der Waals surface area (Å²) in [6.45, 7) is 0. The summed E-state index contributed by atoms with van der Waals surface area (Å²) in [5.74, 6) is 0. The quantitative estimate of drug-likeness (QED) is 0.306. The molecule has 0 radical (unpaired) electrons. The van der Waals surface area contributed by atoms with E-state index in [1.807, 2.05) is 0 Å². The van der Waals surface area contributed by atoms with Crippen LogP contribution < -0.4 is 51.4 Å².